The van der Waals surface area contributed by atoms with Crippen LogP contribution >= 0.6 is 11.8 Å². The van der Waals surface area contributed by atoms with Crippen molar-refractivity contribution in [3.8, 4) is 0 Å². The Labute approximate surface area is 113 Å². The maximum absolute atomic E-state index is 11.7. The van der Waals surface area contributed by atoms with E-state index in [1.54, 1.807) is 24.3 Å². The number of carbonyl (C=O) groups excluding carboxylic acids is 1. The molecule has 0 saturated carbocycles. The molecule has 6 heteroatoms. The van der Waals surface area contributed by atoms with Crippen LogP contribution in [-0.2, 0) is 11.3 Å². The van der Waals surface area contributed by atoms with Gasteiger partial charge in [-0.1, -0.05) is 6.92 Å². The number of rotatable bonds is 8. The lowest BCUT2D eigenvalue weighted by molar-refractivity contribution is -0.122. The van der Waals surface area contributed by atoms with Crippen LogP contribution < -0.4 is 11.1 Å². The Balaban J connectivity index is 2.21. The second-order valence-electron chi connectivity index (χ2n) is 4.50. The standard InChI is InChI=1S/C12H22N4OS/c1-10(8-16-5-4-14-9-16)7-15-12(17)11(13)3-6-18-2/h4-5,9-11H,3,6-8,13H2,1-2H3,(H,15,17)/t10?,11-/m0/s1. The van der Waals surface area contributed by atoms with E-state index in [4.69, 9.17) is 5.73 Å². The van der Waals surface area contributed by atoms with Crippen molar-refractivity contribution in [3.63, 3.8) is 0 Å². The Bertz CT molecular complexity index is 342. The third kappa shape index (κ3) is 5.55. The van der Waals surface area contributed by atoms with Gasteiger partial charge in [-0.15, -0.1) is 0 Å². The summed E-state index contributed by atoms with van der Waals surface area (Å²) >= 11 is 1.70. The quantitative estimate of drug-likeness (QED) is 0.730. The molecule has 1 amide bonds. The topological polar surface area (TPSA) is 72.9 Å². The van der Waals surface area contributed by atoms with Gasteiger partial charge in [0.1, 0.15) is 0 Å². The number of imidazole rings is 1. The van der Waals surface area contributed by atoms with Gasteiger partial charge in [0.2, 0.25) is 5.91 Å². The van der Waals surface area contributed by atoms with E-state index in [0.29, 0.717) is 12.5 Å². The van der Waals surface area contributed by atoms with Crippen molar-refractivity contribution in [2.24, 2.45) is 11.7 Å². The highest BCUT2D eigenvalue weighted by Crippen LogP contribution is 2.01. The number of thioether (sulfide) groups is 1. The SMILES string of the molecule is CSCC[C@H](N)C(=O)NCC(C)Cn1ccnc1. The highest BCUT2D eigenvalue weighted by molar-refractivity contribution is 7.98. The molecule has 1 aromatic heterocycles. The largest absolute Gasteiger partial charge is 0.354 e. The maximum atomic E-state index is 11.7. The number of carbonyl (C=O) groups is 1. The highest BCUT2D eigenvalue weighted by atomic mass is 32.2. The first-order valence-corrected chi connectivity index (χ1v) is 7.50. The number of nitrogens with two attached hydrogens (primary N) is 1. The van der Waals surface area contributed by atoms with E-state index in [1.165, 1.54) is 0 Å². The minimum absolute atomic E-state index is 0.0541. The van der Waals surface area contributed by atoms with Crippen LogP contribution in [-0.4, -0.2) is 40.1 Å². The summed E-state index contributed by atoms with van der Waals surface area (Å²) in [6, 6.07) is -0.391. The highest BCUT2D eigenvalue weighted by Gasteiger charge is 2.13. The predicted molar refractivity (Wildman–Crippen MR) is 75.4 cm³/mol. The number of hydrogen-bond donors (Lipinski definition) is 2. The summed E-state index contributed by atoms with van der Waals surface area (Å²) in [6.45, 7) is 3.58. The summed E-state index contributed by atoms with van der Waals surface area (Å²) < 4.78 is 2.00. The lowest BCUT2D eigenvalue weighted by atomic mass is 10.1. The number of hydrogen-bond acceptors (Lipinski definition) is 4. The number of aromatic nitrogens is 2. The van der Waals surface area contributed by atoms with Crippen molar-refractivity contribution < 1.29 is 4.79 Å². The van der Waals surface area contributed by atoms with Gasteiger partial charge < -0.3 is 15.6 Å². The van der Waals surface area contributed by atoms with Crippen LogP contribution in [0.4, 0.5) is 0 Å². The van der Waals surface area contributed by atoms with Crippen LogP contribution in [0.1, 0.15) is 13.3 Å². The van der Waals surface area contributed by atoms with E-state index < -0.39 is 6.04 Å². The normalized spacial score (nSPS) is 14.2. The van der Waals surface area contributed by atoms with Gasteiger partial charge in [0.15, 0.2) is 0 Å². The Morgan fingerprint density at radius 2 is 2.39 bits per heavy atom. The van der Waals surface area contributed by atoms with Gasteiger partial charge >= 0.3 is 0 Å². The summed E-state index contributed by atoms with van der Waals surface area (Å²) in [7, 11) is 0. The molecule has 1 heterocycles. The van der Waals surface area contributed by atoms with Gasteiger partial charge in [0, 0.05) is 25.5 Å². The molecule has 5 nitrogen and oxygen atoms in total. The van der Waals surface area contributed by atoms with Gasteiger partial charge in [0.05, 0.1) is 12.4 Å². The van der Waals surface area contributed by atoms with Crippen LogP contribution in [0.25, 0.3) is 0 Å². The number of amides is 1. The lowest BCUT2D eigenvalue weighted by Crippen LogP contribution is -2.42. The molecule has 0 aliphatic heterocycles. The van der Waals surface area contributed by atoms with Crippen LogP contribution in [0.3, 0.4) is 0 Å². The summed E-state index contributed by atoms with van der Waals surface area (Å²) in [5.41, 5.74) is 5.78. The molecule has 1 aromatic rings. The minimum atomic E-state index is -0.391. The summed E-state index contributed by atoms with van der Waals surface area (Å²) in [4.78, 5) is 15.7. The first-order valence-electron chi connectivity index (χ1n) is 6.11. The van der Waals surface area contributed by atoms with Crippen molar-refractivity contribution in [3.05, 3.63) is 18.7 Å². The van der Waals surface area contributed by atoms with Crippen molar-refractivity contribution in [2.45, 2.75) is 25.9 Å². The van der Waals surface area contributed by atoms with Crippen LogP contribution in [0.5, 0.6) is 0 Å². The Morgan fingerprint density at radius 3 is 3.00 bits per heavy atom. The Kier molecular flexibility index (Phi) is 6.82. The molecule has 1 unspecified atom stereocenters. The molecule has 3 N–H and O–H groups in total. The fourth-order valence-electron chi connectivity index (χ4n) is 1.60. The Hall–Kier alpha value is -1.01. The fourth-order valence-corrected chi connectivity index (χ4v) is 2.09. The van der Waals surface area contributed by atoms with Gasteiger partial charge in [-0.05, 0) is 24.3 Å². The van der Waals surface area contributed by atoms with E-state index in [9.17, 15) is 4.79 Å². The zero-order valence-electron chi connectivity index (χ0n) is 11.0. The predicted octanol–water partition coefficient (Wildman–Crippen LogP) is 0.716. The second-order valence-corrected chi connectivity index (χ2v) is 5.48. The molecular formula is C12H22N4OS. The smallest absolute Gasteiger partial charge is 0.236 e. The number of nitrogens with zero attached hydrogens (tertiary/aromatic N) is 2. The van der Waals surface area contributed by atoms with Crippen molar-refractivity contribution in [2.75, 3.05) is 18.6 Å². The third-order valence-corrected chi connectivity index (χ3v) is 3.32. The van der Waals surface area contributed by atoms with Crippen molar-refractivity contribution >= 4 is 17.7 Å². The molecule has 0 fully saturated rings. The van der Waals surface area contributed by atoms with E-state index >= 15 is 0 Å². The molecule has 0 bridgehead atoms. The van der Waals surface area contributed by atoms with Crippen molar-refractivity contribution in [1.82, 2.24) is 14.9 Å². The third-order valence-electron chi connectivity index (χ3n) is 2.68. The van der Waals surface area contributed by atoms with Crippen LogP contribution in [0.15, 0.2) is 18.7 Å². The second kappa shape index (κ2) is 8.16. The molecule has 0 saturated heterocycles. The summed E-state index contributed by atoms with van der Waals surface area (Å²) in [5, 5.41) is 2.90. The zero-order chi connectivity index (χ0) is 13.4. The molecular weight excluding hydrogens is 248 g/mol. The first-order chi connectivity index (χ1) is 8.63. The molecule has 18 heavy (non-hydrogen) atoms. The molecule has 0 radical (unpaired) electrons. The minimum Gasteiger partial charge on any atom is -0.354 e. The van der Waals surface area contributed by atoms with E-state index in [-0.39, 0.29) is 5.91 Å². The average molecular weight is 270 g/mol. The summed E-state index contributed by atoms with van der Waals surface area (Å²) in [5.74, 6) is 1.22. The molecule has 1 rings (SSSR count). The van der Waals surface area contributed by atoms with Crippen LogP contribution in [0.2, 0.25) is 0 Å². The first kappa shape index (κ1) is 15.0. The van der Waals surface area contributed by atoms with Crippen molar-refractivity contribution in [1.29, 1.82) is 0 Å². The molecule has 0 aliphatic carbocycles. The molecule has 2 atom stereocenters. The maximum Gasteiger partial charge on any atom is 0.236 e. The molecule has 0 spiro atoms. The van der Waals surface area contributed by atoms with E-state index in [0.717, 1.165) is 18.7 Å². The molecule has 102 valence electrons. The average Bonchev–Trinajstić information content (AvgIpc) is 2.85. The van der Waals surface area contributed by atoms with Gasteiger partial charge in [-0.25, -0.2) is 4.98 Å². The monoisotopic (exact) mass is 270 g/mol. The zero-order valence-corrected chi connectivity index (χ0v) is 11.8. The Morgan fingerprint density at radius 1 is 1.61 bits per heavy atom. The van der Waals surface area contributed by atoms with Gasteiger partial charge in [0.25, 0.3) is 0 Å². The van der Waals surface area contributed by atoms with Gasteiger partial charge in [-0.3, -0.25) is 4.79 Å². The lowest BCUT2D eigenvalue weighted by Gasteiger charge is -2.16. The number of nitrogens with one attached hydrogen (secondary N) is 1. The van der Waals surface area contributed by atoms with Gasteiger partial charge in [-0.2, -0.15) is 11.8 Å². The molecule has 0 aliphatic rings. The summed E-state index contributed by atoms with van der Waals surface area (Å²) in [6.07, 6.45) is 8.19. The van der Waals surface area contributed by atoms with E-state index in [1.807, 2.05) is 17.0 Å². The molecule has 0 aromatic carbocycles. The van der Waals surface area contributed by atoms with Crippen LogP contribution in [0, 0.1) is 5.92 Å². The fraction of sp³-hybridized carbons (Fsp3) is 0.667. The van der Waals surface area contributed by atoms with E-state index in [2.05, 4.69) is 17.2 Å².